The molecule has 1 aromatic carbocycles. The van der Waals surface area contributed by atoms with Crippen molar-refractivity contribution in [3.05, 3.63) is 42.4 Å². The third kappa shape index (κ3) is 4.58. The first-order valence-corrected chi connectivity index (χ1v) is 8.34. The zero-order valence-electron chi connectivity index (χ0n) is 14.9. The van der Waals surface area contributed by atoms with Gasteiger partial charge in [0.2, 0.25) is 5.88 Å². The number of halogens is 2. The number of hydrogen-bond acceptors (Lipinski definition) is 7. The second kappa shape index (κ2) is 8.42. The number of aromatic nitrogens is 3. The van der Waals surface area contributed by atoms with Gasteiger partial charge in [0.05, 0.1) is 12.1 Å². The summed E-state index contributed by atoms with van der Waals surface area (Å²) in [5.41, 5.74) is 8.48. The number of nitrogen functional groups attached to an aromatic ring is 1. The number of nitrogens with zero attached hydrogens (tertiary/aromatic N) is 3. The molecule has 28 heavy (non-hydrogen) atoms. The molecule has 3 rings (SSSR count). The van der Waals surface area contributed by atoms with E-state index in [0.29, 0.717) is 22.7 Å². The SMILES string of the molecule is Cc1cc(N)cc2ncnc(Nc3cccnc3OCC(=O)NCC(F)F)c12. The summed E-state index contributed by atoms with van der Waals surface area (Å²) in [5.74, 6) is -0.0206. The van der Waals surface area contributed by atoms with Gasteiger partial charge in [-0.05, 0) is 36.8 Å². The smallest absolute Gasteiger partial charge is 0.258 e. The van der Waals surface area contributed by atoms with Gasteiger partial charge < -0.3 is 21.1 Å². The fourth-order valence-corrected chi connectivity index (χ4v) is 2.62. The third-order valence-corrected chi connectivity index (χ3v) is 3.78. The molecular weight excluding hydrogens is 370 g/mol. The standard InChI is InChI=1S/C18H18F2N6O2/c1-10-5-11(21)6-13-16(10)17(25-9-24-13)26-12-3-2-4-22-18(12)28-8-15(27)23-7-14(19)20/h2-6,9,14H,7-8,21H2,1H3,(H,23,27)(H,24,25,26). The van der Waals surface area contributed by atoms with Gasteiger partial charge in [0, 0.05) is 17.3 Å². The molecule has 3 aromatic rings. The van der Waals surface area contributed by atoms with Crippen LogP contribution in [0.2, 0.25) is 0 Å². The van der Waals surface area contributed by atoms with Crippen molar-refractivity contribution >= 4 is 34.0 Å². The molecule has 0 unspecified atom stereocenters. The molecule has 1 amide bonds. The Labute approximate surface area is 159 Å². The Morgan fingerprint density at radius 1 is 1.29 bits per heavy atom. The zero-order chi connectivity index (χ0) is 20.1. The van der Waals surface area contributed by atoms with E-state index in [2.05, 4.69) is 25.6 Å². The Morgan fingerprint density at radius 2 is 2.11 bits per heavy atom. The summed E-state index contributed by atoms with van der Waals surface area (Å²) in [5, 5.41) is 5.96. The van der Waals surface area contributed by atoms with Crippen molar-refractivity contribution in [1.29, 1.82) is 0 Å². The highest BCUT2D eigenvalue weighted by atomic mass is 19.3. The Kier molecular flexibility index (Phi) is 5.78. The number of benzene rings is 1. The maximum absolute atomic E-state index is 12.2. The molecule has 0 aliphatic heterocycles. The van der Waals surface area contributed by atoms with Gasteiger partial charge in [-0.3, -0.25) is 4.79 Å². The quantitative estimate of drug-likeness (QED) is 0.533. The van der Waals surface area contributed by atoms with Crippen molar-refractivity contribution < 1.29 is 18.3 Å². The van der Waals surface area contributed by atoms with Crippen molar-refractivity contribution in [3.8, 4) is 5.88 Å². The Balaban J connectivity index is 1.81. The lowest BCUT2D eigenvalue weighted by Gasteiger charge is -2.14. The number of nitrogens with one attached hydrogen (secondary N) is 2. The van der Waals surface area contributed by atoms with Crippen LogP contribution in [0.5, 0.6) is 5.88 Å². The van der Waals surface area contributed by atoms with E-state index in [4.69, 9.17) is 10.5 Å². The number of amides is 1. The normalized spacial score (nSPS) is 10.9. The second-order valence-corrected chi connectivity index (χ2v) is 5.92. The molecule has 0 atom stereocenters. The van der Waals surface area contributed by atoms with Gasteiger partial charge in [-0.2, -0.15) is 0 Å². The number of fused-ring (bicyclic) bond motifs is 1. The van der Waals surface area contributed by atoms with Crippen LogP contribution >= 0.6 is 0 Å². The minimum Gasteiger partial charge on any atom is -0.466 e. The van der Waals surface area contributed by atoms with Gasteiger partial charge in [0.15, 0.2) is 6.61 Å². The first-order valence-electron chi connectivity index (χ1n) is 8.34. The van der Waals surface area contributed by atoms with Crippen LogP contribution in [0, 0.1) is 6.92 Å². The van der Waals surface area contributed by atoms with Crippen LogP contribution in [0.3, 0.4) is 0 Å². The lowest BCUT2D eigenvalue weighted by Crippen LogP contribution is -2.32. The van der Waals surface area contributed by atoms with Crippen molar-refractivity contribution in [2.45, 2.75) is 13.3 Å². The summed E-state index contributed by atoms with van der Waals surface area (Å²) in [6, 6.07) is 6.92. The average Bonchev–Trinajstić information content (AvgIpc) is 2.65. The molecule has 0 radical (unpaired) electrons. The first-order chi connectivity index (χ1) is 13.4. The maximum Gasteiger partial charge on any atom is 0.258 e. The predicted molar refractivity (Wildman–Crippen MR) is 101 cm³/mol. The van der Waals surface area contributed by atoms with Crippen LogP contribution in [0.25, 0.3) is 10.9 Å². The van der Waals surface area contributed by atoms with E-state index < -0.39 is 25.5 Å². The summed E-state index contributed by atoms with van der Waals surface area (Å²) in [4.78, 5) is 24.2. The van der Waals surface area contributed by atoms with Crippen LogP contribution in [0.15, 0.2) is 36.8 Å². The molecule has 0 aliphatic carbocycles. The molecule has 0 bridgehead atoms. The zero-order valence-corrected chi connectivity index (χ0v) is 14.9. The molecule has 0 spiro atoms. The van der Waals surface area contributed by atoms with E-state index in [9.17, 15) is 13.6 Å². The summed E-state index contributed by atoms with van der Waals surface area (Å²) >= 11 is 0. The van der Waals surface area contributed by atoms with Crippen LogP contribution in [-0.4, -0.2) is 40.4 Å². The fraction of sp³-hybridized carbons (Fsp3) is 0.222. The molecule has 0 aliphatic rings. The van der Waals surface area contributed by atoms with Gasteiger partial charge >= 0.3 is 0 Å². The predicted octanol–water partition coefficient (Wildman–Crippen LogP) is 2.42. The highest BCUT2D eigenvalue weighted by Gasteiger charge is 2.13. The highest BCUT2D eigenvalue weighted by molar-refractivity contribution is 5.95. The molecule has 2 aromatic heterocycles. The summed E-state index contributed by atoms with van der Waals surface area (Å²) in [7, 11) is 0. The summed E-state index contributed by atoms with van der Waals surface area (Å²) < 4.78 is 29.7. The molecule has 4 N–H and O–H groups in total. The fourth-order valence-electron chi connectivity index (χ4n) is 2.62. The first kappa shape index (κ1) is 19.2. The van der Waals surface area contributed by atoms with Crippen LogP contribution < -0.4 is 21.1 Å². The topological polar surface area (TPSA) is 115 Å². The van der Waals surface area contributed by atoms with E-state index in [1.165, 1.54) is 12.5 Å². The number of rotatable bonds is 7. The van der Waals surface area contributed by atoms with Crippen LogP contribution in [0.1, 0.15) is 5.56 Å². The number of alkyl halides is 2. The van der Waals surface area contributed by atoms with Crippen molar-refractivity contribution in [3.63, 3.8) is 0 Å². The monoisotopic (exact) mass is 388 g/mol. The number of carbonyl (C=O) groups is 1. The Hall–Kier alpha value is -3.56. The Morgan fingerprint density at radius 3 is 2.89 bits per heavy atom. The summed E-state index contributed by atoms with van der Waals surface area (Å²) in [6.07, 6.45) is 0.263. The lowest BCUT2D eigenvalue weighted by atomic mass is 10.1. The number of hydrogen-bond donors (Lipinski definition) is 3. The number of aryl methyl sites for hydroxylation is 1. The molecule has 8 nitrogen and oxygen atoms in total. The molecule has 2 heterocycles. The van der Waals surface area contributed by atoms with Gasteiger partial charge in [-0.15, -0.1) is 0 Å². The van der Waals surface area contributed by atoms with E-state index in [-0.39, 0.29) is 5.88 Å². The molecule has 0 saturated heterocycles. The largest absolute Gasteiger partial charge is 0.466 e. The molecule has 146 valence electrons. The highest BCUT2D eigenvalue weighted by Crippen LogP contribution is 2.30. The Bertz CT molecular complexity index is 999. The minimum absolute atomic E-state index is 0.134. The molecule has 10 heteroatoms. The van der Waals surface area contributed by atoms with E-state index >= 15 is 0 Å². The van der Waals surface area contributed by atoms with Crippen LogP contribution in [0.4, 0.5) is 26.0 Å². The number of pyridine rings is 1. The van der Waals surface area contributed by atoms with Gasteiger partial charge in [-0.25, -0.2) is 23.7 Å². The van der Waals surface area contributed by atoms with E-state index in [1.54, 1.807) is 18.2 Å². The lowest BCUT2D eigenvalue weighted by molar-refractivity contribution is -0.123. The van der Waals surface area contributed by atoms with E-state index in [1.807, 2.05) is 13.0 Å². The number of ether oxygens (including phenoxy) is 1. The number of nitrogens with two attached hydrogens (primary N) is 1. The summed E-state index contributed by atoms with van der Waals surface area (Å²) in [6.45, 7) is 0.713. The third-order valence-electron chi connectivity index (χ3n) is 3.78. The van der Waals surface area contributed by atoms with Gasteiger partial charge in [0.25, 0.3) is 12.3 Å². The van der Waals surface area contributed by atoms with Gasteiger partial charge in [-0.1, -0.05) is 0 Å². The number of anilines is 3. The maximum atomic E-state index is 12.2. The van der Waals surface area contributed by atoms with Crippen molar-refractivity contribution in [1.82, 2.24) is 20.3 Å². The minimum atomic E-state index is -2.63. The molecular formula is C18H18F2N6O2. The molecule has 0 fully saturated rings. The number of carbonyl (C=O) groups excluding carboxylic acids is 1. The van der Waals surface area contributed by atoms with Crippen LogP contribution in [-0.2, 0) is 4.79 Å². The second-order valence-electron chi connectivity index (χ2n) is 5.92. The molecule has 0 saturated carbocycles. The van der Waals surface area contributed by atoms with E-state index in [0.717, 1.165) is 10.9 Å². The van der Waals surface area contributed by atoms with Gasteiger partial charge in [0.1, 0.15) is 17.8 Å². The van der Waals surface area contributed by atoms with Crippen molar-refractivity contribution in [2.75, 3.05) is 24.2 Å². The van der Waals surface area contributed by atoms with Crippen molar-refractivity contribution in [2.24, 2.45) is 0 Å². The average molecular weight is 388 g/mol.